The normalized spacial score (nSPS) is 14.8. The van der Waals surface area contributed by atoms with E-state index >= 15 is 0 Å². The topological polar surface area (TPSA) is 30.5 Å². The van der Waals surface area contributed by atoms with Crippen LogP contribution in [0.15, 0.2) is 18.2 Å². The first-order chi connectivity index (χ1) is 9.83. The fourth-order valence-electron chi connectivity index (χ4n) is 2.65. The molecule has 0 aliphatic heterocycles. The smallest absolute Gasteiger partial charge is 0.122 e. The average Bonchev–Trinajstić information content (AvgIpc) is 2.41. The van der Waals surface area contributed by atoms with Crippen molar-refractivity contribution in [3.63, 3.8) is 0 Å². The molecule has 0 radical (unpaired) electrons. The van der Waals surface area contributed by atoms with Gasteiger partial charge in [-0.1, -0.05) is 32.4 Å². The Labute approximate surface area is 134 Å². The molecule has 0 fully saturated rings. The van der Waals surface area contributed by atoms with Gasteiger partial charge in [0.05, 0.1) is 13.2 Å². The predicted molar refractivity (Wildman–Crippen MR) is 89.4 cm³/mol. The van der Waals surface area contributed by atoms with Crippen LogP contribution in [0.5, 0.6) is 5.75 Å². The van der Waals surface area contributed by atoms with Gasteiger partial charge in [0.15, 0.2) is 0 Å². The van der Waals surface area contributed by atoms with Crippen molar-refractivity contribution in [1.29, 1.82) is 0 Å². The Morgan fingerprint density at radius 3 is 2.43 bits per heavy atom. The third-order valence-electron chi connectivity index (χ3n) is 3.62. The van der Waals surface area contributed by atoms with E-state index in [2.05, 4.69) is 26.1 Å². The second-order valence-corrected chi connectivity index (χ2v) is 6.73. The van der Waals surface area contributed by atoms with Gasteiger partial charge in [-0.2, -0.15) is 0 Å². The lowest BCUT2D eigenvalue weighted by Gasteiger charge is -2.37. The number of benzene rings is 1. The molecule has 0 amide bonds. The number of hydrogen-bond acceptors (Lipinski definition) is 3. The maximum absolute atomic E-state index is 6.12. The van der Waals surface area contributed by atoms with Gasteiger partial charge in [0.2, 0.25) is 0 Å². The van der Waals surface area contributed by atoms with E-state index < -0.39 is 0 Å². The molecule has 0 aromatic heterocycles. The molecule has 3 nitrogen and oxygen atoms in total. The number of halogens is 1. The largest absolute Gasteiger partial charge is 0.496 e. The molecule has 0 spiro atoms. The molecule has 0 aliphatic rings. The van der Waals surface area contributed by atoms with Crippen LogP contribution in [0.1, 0.15) is 33.3 Å². The summed E-state index contributed by atoms with van der Waals surface area (Å²) in [5.74, 6) is 0.865. The predicted octanol–water partition coefficient (Wildman–Crippen LogP) is 3.93. The lowest BCUT2D eigenvalue weighted by molar-refractivity contribution is -0.0341. The number of nitrogens with one attached hydrogen (secondary N) is 1. The molecule has 1 N–H and O–H groups in total. The number of methoxy groups -OCH3 is 1. The second kappa shape index (κ2) is 8.02. The van der Waals surface area contributed by atoms with Crippen LogP contribution in [0.3, 0.4) is 0 Å². The van der Waals surface area contributed by atoms with Gasteiger partial charge in [-0.3, -0.25) is 0 Å². The van der Waals surface area contributed by atoms with Crippen LogP contribution in [0.25, 0.3) is 0 Å². The van der Waals surface area contributed by atoms with E-state index in [1.807, 2.05) is 32.2 Å². The Hall–Kier alpha value is -0.770. The Bertz CT molecular complexity index is 443. The van der Waals surface area contributed by atoms with Crippen LogP contribution in [-0.4, -0.2) is 32.9 Å². The van der Waals surface area contributed by atoms with Gasteiger partial charge in [0.1, 0.15) is 5.75 Å². The highest BCUT2D eigenvalue weighted by atomic mass is 35.5. The van der Waals surface area contributed by atoms with Crippen molar-refractivity contribution in [2.75, 3.05) is 20.8 Å². The lowest BCUT2D eigenvalue weighted by Crippen LogP contribution is -2.48. The van der Waals surface area contributed by atoms with E-state index in [-0.39, 0.29) is 17.6 Å². The van der Waals surface area contributed by atoms with Gasteiger partial charge >= 0.3 is 0 Å². The highest BCUT2D eigenvalue weighted by Gasteiger charge is 2.32. The molecule has 4 heteroatoms. The third kappa shape index (κ3) is 5.17. The highest BCUT2D eigenvalue weighted by molar-refractivity contribution is 6.30. The molecule has 0 aliphatic carbocycles. The van der Waals surface area contributed by atoms with E-state index in [1.165, 1.54) is 0 Å². The average molecular weight is 314 g/mol. The maximum Gasteiger partial charge on any atom is 0.122 e. The molecule has 1 aromatic carbocycles. The first-order valence-electron chi connectivity index (χ1n) is 7.44. The quantitative estimate of drug-likeness (QED) is 0.827. The molecule has 1 rings (SSSR count). The standard InChI is InChI=1S/C17H28ClNO2/c1-7-21-16(17(2,3)4)14(19-5)11-12-10-13(18)8-9-15(12)20-6/h8-10,14,16,19H,7,11H2,1-6H3. The van der Waals surface area contributed by atoms with Crippen LogP contribution < -0.4 is 10.1 Å². The molecular formula is C17H28ClNO2. The summed E-state index contributed by atoms with van der Waals surface area (Å²) >= 11 is 6.12. The number of likely N-dealkylation sites (N-methyl/N-ethyl adjacent to an activating group) is 1. The van der Waals surface area contributed by atoms with E-state index in [1.54, 1.807) is 7.11 Å². The second-order valence-electron chi connectivity index (χ2n) is 6.30. The van der Waals surface area contributed by atoms with Gasteiger partial charge < -0.3 is 14.8 Å². The zero-order valence-electron chi connectivity index (χ0n) is 14.0. The van der Waals surface area contributed by atoms with Gasteiger partial charge in [0.25, 0.3) is 0 Å². The van der Waals surface area contributed by atoms with Crippen LogP contribution >= 0.6 is 11.6 Å². The van der Waals surface area contributed by atoms with Crippen molar-refractivity contribution in [2.24, 2.45) is 5.41 Å². The van der Waals surface area contributed by atoms with Crippen molar-refractivity contribution in [3.8, 4) is 5.75 Å². The van der Waals surface area contributed by atoms with Crippen LogP contribution in [-0.2, 0) is 11.2 Å². The first kappa shape index (κ1) is 18.3. The summed E-state index contributed by atoms with van der Waals surface area (Å²) < 4.78 is 11.4. The molecule has 120 valence electrons. The van der Waals surface area contributed by atoms with Gasteiger partial charge in [-0.25, -0.2) is 0 Å². The molecule has 2 atom stereocenters. The van der Waals surface area contributed by atoms with Gasteiger partial charge in [-0.15, -0.1) is 0 Å². The fraction of sp³-hybridized carbons (Fsp3) is 0.647. The van der Waals surface area contributed by atoms with Crippen LogP contribution in [0.4, 0.5) is 0 Å². The van der Waals surface area contributed by atoms with Crippen LogP contribution in [0, 0.1) is 5.41 Å². The lowest BCUT2D eigenvalue weighted by atomic mass is 9.82. The molecule has 0 saturated heterocycles. The van der Waals surface area contributed by atoms with Crippen molar-refractivity contribution in [2.45, 2.75) is 46.3 Å². The summed E-state index contributed by atoms with van der Waals surface area (Å²) in [5.41, 5.74) is 1.15. The van der Waals surface area contributed by atoms with Gasteiger partial charge in [-0.05, 0) is 49.6 Å². The summed E-state index contributed by atoms with van der Waals surface area (Å²) in [4.78, 5) is 0. The minimum Gasteiger partial charge on any atom is -0.496 e. The van der Waals surface area contributed by atoms with Gasteiger partial charge in [0, 0.05) is 17.7 Å². The van der Waals surface area contributed by atoms with E-state index in [0.29, 0.717) is 6.61 Å². The summed E-state index contributed by atoms with van der Waals surface area (Å²) in [6, 6.07) is 5.92. The Balaban J connectivity index is 3.02. The summed E-state index contributed by atoms with van der Waals surface area (Å²) in [6.45, 7) is 9.34. The van der Waals surface area contributed by atoms with Crippen molar-refractivity contribution >= 4 is 11.6 Å². The monoisotopic (exact) mass is 313 g/mol. The van der Waals surface area contributed by atoms with Crippen molar-refractivity contribution < 1.29 is 9.47 Å². The third-order valence-corrected chi connectivity index (χ3v) is 3.85. The Kier molecular flexibility index (Phi) is 6.98. The Morgan fingerprint density at radius 2 is 1.95 bits per heavy atom. The van der Waals surface area contributed by atoms with Crippen molar-refractivity contribution in [1.82, 2.24) is 5.32 Å². The number of ether oxygens (including phenoxy) is 2. The number of hydrogen-bond donors (Lipinski definition) is 1. The molecular weight excluding hydrogens is 286 g/mol. The van der Waals surface area contributed by atoms with Crippen molar-refractivity contribution in [3.05, 3.63) is 28.8 Å². The molecule has 1 aromatic rings. The molecule has 2 unspecified atom stereocenters. The molecule has 0 saturated carbocycles. The maximum atomic E-state index is 6.12. The summed E-state index contributed by atoms with van der Waals surface area (Å²) in [6.07, 6.45) is 0.915. The van der Waals surface area contributed by atoms with E-state index in [0.717, 1.165) is 22.8 Å². The molecule has 21 heavy (non-hydrogen) atoms. The SMILES string of the molecule is CCOC(C(Cc1cc(Cl)ccc1OC)NC)C(C)(C)C. The number of rotatable bonds is 7. The Morgan fingerprint density at radius 1 is 1.29 bits per heavy atom. The highest BCUT2D eigenvalue weighted by Crippen LogP contribution is 2.30. The summed E-state index contributed by atoms with van der Waals surface area (Å²) in [5, 5.41) is 4.12. The zero-order chi connectivity index (χ0) is 16.0. The van der Waals surface area contributed by atoms with E-state index in [4.69, 9.17) is 21.1 Å². The molecule has 0 bridgehead atoms. The van der Waals surface area contributed by atoms with Crippen LogP contribution in [0.2, 0.25) is 5.02 Å². The first-order valence-corrected chi connectivity index (χ1v) is 7.82. The minimum atomic E-state index is 0.0511. The zero-order valence-corrected chi connectivity index (χ0v) is 14.8. The van der Waals surface area contributed by atoms with E-state index in [9.17, 15) is 0 Å². The molecule has 0 heterocycles. The summed E-state index contributed by atoms with van der Waals surface area (Å²) in [7, 11) is 3.66. The minimum absolute atomic E-state index is 0.0511. The fourth-order valence-corrected chi connectivity index (χ4v) is 2.85.